The van der Waals surface area contributed by atoms with Gasteiger partial charge in [0.1, 0.15) is 11.3 Å². The van der Waals surface area contributed by atoms with Crippen molar-refractivity contribution in [2.45, 2.75) is 39.9 Å². The first-order chi connectivity index (χ1) is 13.5. The van der Waals surface area contributed by atoms with Crippen LogP contribution in [0.4, 0.5) is 4.39 Å². The van der Waals surface area contributed by atoms with Crippen LogP contribution in [0.25, 0.3) is 16.6 Å². The Morgan fingerprint density at radius 2 is 2.04 bits per heavy atom. The first-order valence-corrected chi connectivity index (χ1v) is 10.1. The van der Waals surface area contributed by atoms with Crippen molar-refractivity contribution in [2.24, 2.45) is 11.8 Å². The summed E-state index contributed by atoms with van der Waals surface area (Å²) in [5.41, 5.74) is 4.07. The number of likely N-dealkylation sites (tertiary alicyclic amines) is 1. The molecule has 146 valence electrons. The quantitative estimate of drug-likeness (QED) is 0.652. The molecule has 0 radical (unpaired) electrons. The average molecular weight is 379 g/mol. The standard InChI is InChI=1S/C22H26FN5/c1-4-27-13-24-8-18(27)11-28-20-7-15(14(2)3)6-19(23)22(20)25-21(28)12-26-9-16-5-17(16)10-26/h6-8,13,16-17H,2,4-5,9-12H2,1,3H3. The Bertz CT molecular complexity index is 1050. The summed E-state index contributed by atoms with van der Waals surface area (Å²) in [4.78, 5) is 11.5. The van der Waals surface area contributed by atoms with Crippen molar-refractivity contribution < 1.29 is 4.39 Å². The number of hydrogen-bond acceptors (Lipinski definition) is 3. The molecule has 2 aromatic heterocycles. The number of halogens is 1. The van der Waals surface area contributed by atoms with Gasteiger partial charge in [0.15, 0.2) is 5.82 Å². The lowest BCUT2D eigenvalue weighted by atomic mass is 10.1. The third-order valence-corrected chi connectivity index (χ3v) is 6.26. The van der Waals surface area contributed by atoms with Crippen molar-refractivity contribution in [3.63, 3.8) is 0 Å². The van der Waals surface area contributed by atoms with E-state index in [-0.39, 0.29) is 5.82 Å². The first kappa shape index (κ1) is 17.6. The fourth-order valence-electron chi connectivity index (χ4n) is 4.52. The molecule has 1 saturated carbocycles. The Kier molecular flexibility index (Phi) is 4.12. The molecule has 2 aliphatic rings. The minimum absolute atomic E-state index is 0.274. The van der Waals surface area contributed by atoms with Gasteiger partial charge in [-0.15, -0.1) is 0 Å². The zero-order valence-electron chi connectivity index (χ0n) is 16.5. The largest absolute Gasteiger partial charge is 0.333 e. The Hall–Kier alpha value is -2.47. The average Bonchev–Trinajstić information content (AvgIpc) is 3.02. The molecule has 2 atom stereocenters. The highest BCUT2D eigenvalue weighted by atomic mass is 19.1. The summed E-state index contributed by atoms with van der Waals surface area (Å²) in [6.07, 6.45) is 5.12. The maximum Gasteiger partial charge on any atom is 0.151 e. The van der Waals surface area contributed by atoms with Crippen LogP contribution in [0.3, 0.4) is 0 Å². The van der Waals surface area contributed by atoms with Gasteiger partial charge in [0.05, 0.1) is 30.6 Å². The summed E-state index contributed by atoms with van der Waals surface area (Å²) in [7, 11) is 0. The van der Waals surface area contributed by atoms with E-state index >= 15 is 0 Å². The van der Waals surface area contributed by atoms with E-state index in [2.05, 4.69) is 32.5 Å². The molecule has 2 unspecified atom stereocenters. The topological polar surface area (TPSA) is 38.9 Å². The van der Waals surface area contributed by atoms with Gasteiger partial charge in [-0.3, -0.25) is 4.90 Å². The second-order valence-corrected chi connectivity index (χ2v) is 8.34. The zero-order chi connectivity index (χ0) is 19.4. The molecule has 0 N–H and O–H groups in total. The molecule has 0 amide bonds. The third kappa shape index (κ3) is 2.96. The fourth-order valence-corrected chi connectivity index (χ4v) is 4.52. The van der Waals surface area contributed by atoms with Crippen LogP contribution in [0.1, 0.15) is 37.4 Å². The van der Waals surface area contributed by atoms with Gasteiger partial charge in [0, 0.05) is 25.8 Å². The fraction of sp³-hybridized carbons (Fsp3) is 0.455. The van der Waals surface area contributed by atoms with E-state index in [1.807, 2.05) is 25.5 Å². The number of aryl methyl sites for hydroxylation is 1. The molecule has 6 heteroatoms. The van der Waals surface area contributed by atoms with Crippen molar-refractivity contribution in [1.29, 1.82) is 0 Å². The number of piperidine rings is 1. The maximum atomic E-state index is 14.9. The Morgan fingerprint density at radius 3 is 2.75 bits per heavy atom. The molecule has 5 nitrogen and oxygen atoms in total. The lowest BCUT2D eigenvalue weighted by Gasteiger charge is -2.18. The summed E-state index contributed by atoms with van der Waals surface area (Å²) in [6, 6.07) is 3.57. The number of imidazole rings is 2. The minimum atomic E-state index is -0.274. The van der Waals surface area contributed by atoms with Crippen LogP contribution < -0.4 is 0 Å². The normalized spacial score (nSPS) is 21.4. The van der Waals surface area contributed by atoms with E-state index in [9.17, 15) is 4.39 Å². The smallest absolute Gasteiger partial charge is 0.151 e. The van der Waals surface area contributed by atoms with Gasteiger partial charge >= 0.3 is 0 Å². The molecule has 3 aromatic rings. The van der Waals surface area contributed by atoms with Gasteiger partial charge in [0.2, 0.25) is 0 Å². The Morgan fingerprint density at radius 1 is 1.25 bits per heavy atom. The van der Waals surface area contributed by atoms with E-state index in [0.29, 0.717) is 12.1 Å². The number of rotatable bonds is 6. The molecular weight excluding hydrogens is 353 g/mol. The van der Waals surface area contributed by atoms with Crippen LogP contribution in [0, 0.1) is 17.7 Å². The lowest BCUT2D eigenvalue weighted by Crippen LogP contribution is -2.24. The highest BCUT2D eigenvalue weighted by Crippen LogP contribution is 2.45. The van der Waals surface area contributed by atoms with Crippen LogP contribution in [0.2, 0.25) is 0 Å². The molecular formula is C22H26FN5. The molecule has 1 aliphatic carbocycles. The molecule has 0 spiro atoms. The van der Waals surface area contributed by atoms with Gasteiger partial charge < -0.3 is 9.13 Å². The summed E-state index contributed by atoms with van der Waals surface area (Å²) in [5, 5.41) is 0. The molecule has 3 heterocycles. The van der Waals surface area contributed by atoms with Crippen LogP contribution in [-0.2, 0) is 19.6 Å². The van der Waals surface area contributed by atoms with Crippen molar-refractivity contribution in [2.75, 3.05) is 13.1 Å². The third-order valence-electron chi connectivity index (χ3n) is 6.26. The molecule has 1 aliphatic heterocycles. The first-order valence-electron chi connectivity index (χ1n) is 10.1. The predicted molar refractivity (Wildman–Crippen MR) is 108 cm³/mol. The van der Waals surface area contributed by atoms with E-state index in [1.54, 1.807) is 6.07 Å². The molecule has 2 fully saturated rings. The monoisotopic (exact) mass is 379 g/mol. The number of benzene rings is 1. The second-order valence-electron chi connectivity index (χ2n) is 8.34. The van der Waals surface area contributed by atoms with Crippen molar-refractivity contribution >= 4 is 16.6 Å². The van der Waals surface area contributed by atoms with Crippen LogP contribution in [0.5, 0.6) is 0 Å². The number of hydrogen-bond donors (Lipinski definition) is 0. The zero-order valence-corrected chi connectivity index (χ0v) is 16.5. The molecule has 1 saturated heterocycles. The van der Waals surface area contributed by atoms with Gasteiger partial charge in [0.25, 0.3) is 0 Å². The van der Waals surface area contributed by atoms with Gasteiger partial charge in [-0.2, -0.15) is 0 Å². The minimum Gasteiger partial charge on any atom is -0.333 e. The van der Waals surface area contributed by atoms with Crippen LogP contribution >= 0.6 is 0 Å². The van der Waals surface area contributed by atoms with Gasteiger partial charge in [-0.1, -0.05) is 12.2 Å². The highest BCUT2D eigenvalue weighted by molar-refractivity contribution is 5.81. The van der Waals surface area contributed by atoms with E-state index < -0.39 is 0 Å². The SMILES string of the molecule is C=C(C)c1cc(F)c2nc(CN3CC4CC4C3)n(Cc3cncn3CC)c2c1. The summed E-state index contributed by atoms with van der Waals surface area (Å²) >= 11 is 0. The maximum absolute atomic E-state index is 14.9. The number of allylic oxidation sites excluding steroid dienone is 1. The highest BCUT2D eigenvalue weighted by Gasteiger charge is 2.45. The predicted octanol–water partition coefficient (Wildman–Crippen LogP) is 3.92. The van der Waals surface area contributed by atoms with E-state index in [1.165, 1.54) is 6.42 Å². The van der Waals surface area contributed by atoms with Crippen LogP contribution in [-0.4, -0.2) is 37.1 Å². The Balaban J connectivity index is 1.59. The van der Waals surface area contributed by atoms with Gasteiger partial charge in [-0.25, -0.2) is 14.4 Å². The molecule has 0 bridgehead atoms. The van der Waals surface area contributed by atoms with E-state index in [0.717, 1.165) is 66.2 Å². The van der Waals surface area contributed by atoms with Crippen molar-refractivity contribution in [3.05, 3.63) is 54.1 Å². The number of aromatic nitrogens is 4. The Labute approximate surface area is 164 Å². The molecule has 1 aromatic carbocycles. The molecule has 5 rings (SSSR count). The number of nitrogens with zero attached hydrogens (tertiary/aromatic N) is 5. The van der Waals surface area contributed by atoms with Gasteiger partial charge in [-0.05, 0) is 49.8 Å². The van der Waals surface area contributed by atoms with Crippen molar-refractivity contribution in [1.82, 2.24) is 24.0 Å². The number of fused-ring (bicyclic) bond motifs is 2. The van der Waals surface area contributed by atoms with Crippen LogP contribution in [0.15, 0.2) is 31.2 Å². The second kappa shape index (κ2) is 6.55. The van der Waals surface area contributed by atoms with Crippen molar-refractivity contribution in [3.8, 4) is 0 Å². The lowest BCUT2D eigenvalue weighted by molar-refractivity contribution is 0.286. The molecule has 28 heavy (non-hydrogen) atoms. The summed E-state index contributed by atoms with van der Waals surface area (Å²) < 4.78 is 19.1. The summed E-state index contributed by atoms with van der Waals surface area (Å²) in [5.74, 6) is 2.39. The summed E-state index contributed by atoms with van der Waals surface area (Å²) in [6.45, 7) is 12.5. The van der Waals surface area contributed by atoms with E-state index in [4.69, 9.17) is 4.98 Å².